The summed E-state index contributed by atoms with van der Waals surface area (Å²) >= 11 is 0. The van der Waals surface area contributed by atoms with E-state index in [9.17, 15) is 4.79 Å². The first-order valence-electron chi connectivity index (χ1n) is 7.93. The number of rotatable bonds is 2. The summed E-state index contributed by atoms with van der Waals surface area (Å²) < 4.78 is 0. The van der Waals surface area contributed by atoms with Gasteiger partial charge in [0.2, 0.25) is 5.91 Å². The van der Waals surface area contributed by atoms with E-state index in [4.69, 9.17) is 5.73 Å². The van der Waals surface area contributed by atoms with Gasteiger partial charge in [0, 0.05) is 24.5 Å². The van der Waals surface area contributed by atoms with Gasteiger partial charge in [0.1, 0.15) is 0 Å². The molecule has 3 heterocycles. The van der Waals surface area contributed by atoms with E-state index in [1.165, 1.54) is 25.9 Å². The topological polar surface area (TPSA) is 58.4 Å². The van der Waals surface area contributed by atoms with Crippen LogP contribution in [-0.4, -0.2) is 42.5 Å². The van der Waals surface area contributed by atoms with Crippen LogP contribution in [0, 0.1) is 17.8 Å². The molecule has 4 rings (SSSR count). The second kappa shape index (κ2) is 5.41. The fourth-order valence-electron chi connectivity index (χ4n) is 4.19. The maximum Gasteiger partial charge on any atom is 0.223 e. The molecule has 1 saturated carbocycles. The van der Waals surface area contributed by atoms with Crippen LogP contribution in [0.2, 0.25) is 0 Å². The zero-order valence-corrected chi connectivity index (χ0v) is 12.0. The highest BCUT2D eigenvalue weighted by Gasteiger charge is 2.38. The highest BCUT2D eigenvalue weighted by Crippen LogP contribution is 2.31. The molecule has 3 N–H and O–H groups in total. The van der Waals surface area contributed by atoms with E-state index < -0.39 is 0 Å². The van der Waals surface area contributed by atoms with Gasteiger partial charge < -0.3 is 16.0 Å². The first kappa shape index (κ1) is 13.4. The summed E-state index contributed by atoms with van der Waals surface area (Å²) in [5.41, 5.74) is 6.11. The van der Waals surface area contributed by atoms with E-state index in [-0.39, 0.29) is 17.9 Å². The van der Waals surface area contributed by atoms with Gasteiger partial charge in [-0.05, 0) is 50.6 Å². The van der Waals surface area contributed by atoms with Crippen molar-refractivity contribution in [2.75, 3.05) is 19.6 Å². The van der Waals surface area contributed by atoms with Crippen LogP contribution < -0.4 is 11.1 Å². The van der Waals surface area contributed by atoms with Crippen LogP contribution in [0.3, 0.4) is 0 Å². The van der Waals surface area contributed by atoms with Gasteiger partial charge in [-0.3, -0.25) is 4.79 Å². The van der Waals surface area contributed by atoms with E-state index in [1.807, 2.05) is 0 Å². The molecule has 0 aromatic heterocycles. The van der Waals surface area contributed by atoms with Gasteiger partial charge in [0.05, 0.1) is 0 Å². The number of hydrogen-bond acceptors (Lipinski definition) is 3. The van der Waals surface area contributed by atoms with Crippen molar-refractivity contribution in [1.29, 1.82) is 0 Å². The van der Waals surface area contributed by atoms with Crippen molar-refractivity contribution >= 4 is 5.91 Å². The van der Waals surface area contributed by atoms with Crippen LogP contribution in [0.25, 0.3) is 0 Å². The smallest absolute Gasteiger partial charge is 0.223 e. The minimum atomic E-state index is 0.138. The largest absolute Gasteiger partial charge is 0.352 e. The van der Waals surface area contributed by atoms with Crippen LogP contribution in [0.4, 0.5) is 0 Å². The summed E-state index contributed by atoms with van der Waals surface area (Å²) in [5.74, 6) is 1.44. The molecule has 1 aliphatic carbocycles. The maximum atomic E-state index is 12.5. The van der Waals surface area contributed by atoms with Crippen molar-refractivity contribution in [2.24, 2.45) is 23.5 Å². The number of nitrogens with zero attached hydrogens (tertiary/aromatic N) is 1. The van der Waals surface area contributed by atoms with Crippen molar-refractivity contribution in [3.63, 3.8) is 0 Å². The van der Waals surface area contributed by atoms with Crippen LogP contribution in [0.5, 0.6) is 0 Å². The number of carbonyl (C=O) groups is 1. The quantitative estimate of drug-likeness (QED) is 0.782. The molecule has 0 radical (unpaired) electrons. The second-order valence-electron chi connectivity index (χ2n) is 6.81. The average Bonchev–Trinajstić information content (AvgIpc) is 2.43. The first-order valence-corrected chi connectivity index (χ1v) is 7.93. The molecular weight excluding hydrogens is 238 g/mol. The van der Waals surface area contributed by atoms with Crippen LogP contribution in [0.15, 0.2) is 0 Å². The van der Waals surface area contributed by atoms with Gasteiger partial charge in [-0.2, -0.15) is 0 Å². The first-order chi connectivity index (χ1) is 9.15. The van der Waals surface area contributed by atoms with Gasteiger partial charge in [-0.1, -0.05) is 13.3 Å². The molecule has 2 bridgehead atoms. The summed E-state index contributed by atoms with van der Waals surface area (Å²) in [6, 6.07) is 0.594. The van der Waals surface area contributed by atoms with Crippen LogP contribution in [-0.2, 0) is 4.79 Å². The average molecular weight is 265 g/mol. The van der Waals surface area contributed by atoms with Gasteiger partial charge in [0.25, 0.3) is 0 Å². The van der Waals surface area contributed by atoms with Gasteiger partial charge in [-0.15, -0.1) is 0 Å². The summed E-state index contributed by atoms with van der Waals surface area (Å²) in [6.45, 7) is 5.65. The molecule has 4 atom stereocenters. The number of fused-ring (bicyclic) bond motifs is 3. The Bertz CT molecular complexity index is 338. The lowest BCUT2D eigenvalue weighted by molar-refractivity contribution is -0.130. The number of amides is 1. The van der Waals surface area contributed by atoms with Gasteiger partial charge in [0.15, 0.2) is 0 Å². The molecule has 0 aromatic carbocycles. The molecule has 4 heteroatoms. The van der Waals surface area contributed by atoms with Crippen molar-refractivity contribution in [3.05, 3.63) is 0 Å². The summed E-state index contributed by atoms with van der Waals surface area (Å²) in [4.78, 5) is 15.0. The van der Waals surface area contributed by atoms with Crippen LogP contribution >= 0.6 is 0 Å². The molecule has 0 spiro atoms. The molecule has 108 valence electrons. The van der Waals surface area contributed by atoms with E-state index in [1.54, 1.807) is 0 Å². The summed E-state index contributed by atoms with van der Waals surface area (Å²) in [6.07, 6.45) is 5.70. The highest BCUT2D eigenvalue weighted by atomic mass is 16.2. The van der Waals surface area contributed by atoms with E-state index in [0.717, 1.165) is 25.8 Å². The molecule has 3 aliphatic heterocycles. The number of hydrogen-bond donors (Lipinski definition) is 2. The van der Waals surface area contributed by atoms with Crippen molar-refractivity contribution in [1.82, 2.24) is 10.2 Å². The van der Waals surface area contributed by atoms with E-state index in [0.29, 0.717) is 17.9 Å². The number of carbonyl (C=O) groups excluding carboxylic acids is 1. The molecule has 4 nitrogen and oxygen atoms in total. The number of nitrogens with two attached hydrogens (primary N) is 1. The molecule has 0 aromatic rings. The fraction of sp³-hybridized carbons (Fsp3) is 0.933. The third kappa shape index (κ3) is 2.65. The zero-order valence-electron chi connectivity index (χ0n) is 12.0. The predicted molar refractivity (Wildman–Crippen MR) is 75.6 cm³/mol. The monoisotopic (exact) mass is 265 g/mol. The lowest BCUT2D eigenvalue weighted by Crippen LogP contribution is -2.58. The molecule has 4 fully saturated rings. The summed E-state index contributed by atoms with van der Waals surface area (Å²) in [5, 5.41) is 3.33. The van der Waals surface area contributed by atoms with Gasteiger partial charge >= 0.3 is 0 Å². The fourth-order valence-corrected chi connectivity index (χ4v) is 4.19. The Morgan fingerprint density at radius 2 is 1.95 bits per heavy atom. The normalized spacial score (nSPS) is 46.0. The Kier molecular flexibility index (Phi) is 3.81. The predicted octanol–water partition coefficient (Wildman–Crippen LogP) is 0.960. The van der Waals surface area contributed by atoms with E-state index >= 15 is 0 Å². The Labute approximate surface area is 116 Å². The Morgan fingerprint density at radius 3 is 2.58 bits per heavy atom. The van der Waals surface area contributed by atoms with E-state index in [2.05, 4.69) is 17.1 Å². The highest BCUT2D eigenvalue weighted by molar-refractivity contribution is 5.79. The molecule has 3 saturated heterocycles. The molecule has 1 amide bonds. The maximum absolute atomic E-state index is 12.5. The number of piperidine rings is 3. The standard InChI is InChI=1S/C15H27N3O/c1-10-12(3-2-4-13(10)16)15(19)17-14-9-18-7-5-11(14)6-8-18/h10-14H,2-9,16H2,1H3,(H,17,19). The van der Waals surface area contributed by atoms with Crippen molar-refractivity contribution < 1.29 is 4.79 Å². The zero-order chi connectivity index (χ0) is 13.4. The Balaban J connectivity index is 1.59. The van der Waals surface area contributed by atoms with Crippen molar-refractivity contribution in [2.45, 2.75) is 51.1 Å². The molecule has 4 unspecified atom stereocenters. The Hall–Kier alpha value is -0.610. The molecule has 4 aliphatic rings. The van der Waals surface area contributed by atoms with Crippen molar-refractivity contribution in [3.8, 4) is 0 Å². The third-order valence-electron chi connectivity index (χ3n) is 5.68. The minimum Gasteiger partial charge on any atom is -0.352 e. The minimum absolute atomic E-state index is 0.138. The second-order valence-corrected chi connectivity index (χ2v) is 6.81. The third-order valence-corrected chi connectivity index (χ3v) is 5.68. The van der Waals surface area contributed by atoms with Gasteiger partial charge in [-0.25, -0.2) is 0 Å². The number of nitrogens with one attached hydrogen (secondary N) is 1. The lowest BCUT2D eigenvalue weighted by atomic mass is 9.76. The van der Waals surface area contributed by atoms with Crippen LogP contribution in [0.1, 0.15) is 39.0 Å². The summed E-state index contributed by atoms with van der Waals surface area (Å²) in [7, 11) is 0. The molecular formula is C15H27N3O. The Morgan fingerprint density at radius 1 is 1.21 bits per heavy atom. The lowest BCUT2D eigenvalue weighted by Gasteiger charge is -2.45. The molecule has 19 heavy (non-hydrogen) atoms. The SMILES string of the molecule is CC1C(N)CCCC1C(=O)NC1CN2CCC1CC2.